The molecule has 0 aromatic heterocycles. The SMILES string of the molecule is CCCCC#CCCCC(C(C)=O)C(=O)OC. The maximum absolute atomic E-state index is 11.3. The van der Waals surface area contributed by atoms with Crippen LogP contribution >= 0.6 is 0 Å². The molecule has 3 nitrogen and oxygen atoms in total. The monoisotopic (exact) mass is 238 g/mol. The lowest BCUT2D eigenvalue weighted by molar-refractivity contribution is -0.149. The van der Waals surface area contributed by atoms with E-state index >= 15 is 0 Å². The Morgan fingerprint density at radius 3 is 2.24 bits per heavy atom. The molecule has 0 fully saturated rings. The molecule has 3 heteroatoms. The van der Waals surface area contributed by atoms with Crippen LogP contribution in [0.4, 0.5) is 0 Å². The Labute approximate surface area is 104 Å². The van der Waals surface area contributed by atoms with Crippen LogP contribution < -0.4 is 0 Å². The van der Waals surface area contributed by atoms with Crippen LogP contribution in [-0.2, 0) is 14.3 Å². The van der Waals surface area contributed by atoms with Crippen LogP contribution in [0.3, 0.4) is 0 Å². The average molecular weight is 238 g/mol. The van der Waals surface area contributed by atoms with E-state index in [4.69, 9.17) is 0 Å². The summed E-state index contributed by atoms with van der Waals surface area (Å²) in [4.78, 5) is 22.5. The fourth-order valence-corrected chi connectivity index (χ4v) is 1.47. The van der Waals surface area contributed by atoms with E-state index in [0.717, 1.165) is 32.1 Å². The summed E-state index contributed by atoms with van der Waals surface area (Å²) >= 11 is 0. The second kappa shape index (κ2) is 9.89. The highest BCUT2D eigenvalue weighted by Crippen LogP contribution is 2.11. The first kappa shape index (κ1) is 15.7. The number of methoxy groups -OCH3 is 1. The van der Waals surface area contributed by atoms with Gasteiger partial charge in [-0.15, -0.1) is 11.8 Å². The zero-order valence-electron chi connectivity index (χ0n) is 11.0. The number of Topliss-reactive ketones (excluding diaryl/α,β-unsaturated/α-hetero) is 1. The quantitative estimate of drug-likeness (QED) is 0.296. The van der Waals surface area contributed by atoms with E-state index in [1.54, 1.807) is 0 Å². The van der Waals surface area contributed by atoms with Crippen molar-refractivity contribution >= 4 is 11.8 Å². The Morgan fingerprint density at radius 2 is 1.76 bits per heavy atom. The highest BCUT2D eigenvalue weighted by Gasteiger charge is 2.22. The molecule has 0 aliphatic heterocycles. The average Bonchev–Trinajstić information content (AvgIpc) is 2.31. The van der Waals surface area contributed by atoms with E-state index in [2.05, 4.69) is 23.5 Å². The van der Waals surface area contributed by atoms with Crippen molar-refractivity contribution in [3.05, 3.63) is 0 Å². The van der Waals surface area contributed by atoms with Crippen molar-refractivity contribution in [2.75, 3.05) is 7.11 Å². The Balaban J connectivity index is 3.86. The standard InChI is InChI=1S/C14H22O3/c1-4-5-6-7-8-9-10-11-13(12(2)15)14(16)17-3/h13H,4-6,9-11H2,1-3H3. The number of esters is 1. The van der Waals surface area contributed by atoms with E-state index in [-0.39, 0.29) is 5.78 Å². The Kier molecular flexibility index (Phi) is 9.14. The fraction of sp³-hybridized carbons (Fsp3) is 0.714. The van der Waals surface area contributed by atoms with Gasteiger partial charge in [0.2, 0.25) is 0 Å². The molecule has 96 valence electrons. The number of ketones is 1. The maximum atomic E-state index is 11.3. The summed E-state index contributed by atoms with van der Waals surface area (Å²) in [5, 5.41) is 0. The summed E-state index contributed by atoms with van der Waals surface area (Å²) in [5.41, 5.74) is 0. The molecule has 0 aliphatic rings. The molecule has 0 rings (SSSR count). The van der Waals surface area contributed by atoms with Gasteiger partial charge in [0, 0.05) is 12.8 Å². The van der Waals surface area contributed by atoms with E-state index in [1.807, 2.05) is 0 Å². The lowest BCUT2D eigenvalue weighted by Gasteiger charge is -2.09. The van der Waals surface area contributed by atoms with E-state index < -0.39 is 11.9 Å². The predicted molar refractivity (Wildman–Crippen MR) is 67.3 cm³/mol. The van der Waals surface area contributed by atoms with Crippen LogP contribution in [0.25, 0.3) is 0 Å². The molecule has 0 N–H and O–H groups in total. The first-order valence-electron chi connectivity index (χ1n) is 6.17. The van der Waals surface area contributed by atoms with Gasteiger partial charge in [-0.1, -0.05) is 13.3 Å². The third-order valence-electron chi connectivity index (χ3n) is 2.55. The zero-order chi connectivity index (χ0) is 13.1. The summed E-state index contributed by atoms with van der Waals surface area (Å²) in [6.45, 7) is 3.56. The van der Waals surface area contributed by atoms with Gasteiger partial charge in [-0.3, -0.25) is 9.59 Å². The molecular formula is C14H22O3. The van der Waals surface area contributed by atoms with E-state index in [9.17, 15) is 9.59 Å². The van der Waals surface area contributed by atoms with Crippen molar-refractivity contribution in [3.63, 3.8) is 0 Å². The normalized spacial score (nSPS) is 11.2. The molecule has 0 amide bonds. The van der Waals surface area contributed by atoms with Crippen LogP contribution in [0.5, 0.6) is 0 Å². The molecule has 0 heterocycles. The zero-order valence-corrected chi connectivity index (χ0v) is 11.0. The van der Waals surface area contributed by atoms with Gasteiger partial charge < -0.3 is 4.74 Å². The molecule has 0 saturated heterocycles. The molecule has 0 aliphatic carbocycles. The van der Waals surface area contributed by atoms with Crippen LogP contribution in [0.1, 0.15) is 52.4 Å². The Morgan fingerprint density at radius 1 is 1.18 bits per heavy atom. The lowest BCUT2D eigenvalue weighted by Crippen LogP contribution is -2.23. The summed E-state index contributed by atoms with van der Waals surface area (Å²) < 4.78 is 4.59. The molecule has 0 radical (unpaired) electrons. The minimum Gasteiger partial charge on any atom is -0.468 e. The predicted octanol–water partition coefficient (Wildman–Crippen LogP) is 2.73. The van der Waals surface area contributed by atoms with Crippen molar-refractivity contribution < 1.29 is 14.3 Å². The Bertz CT molecular complexity index is 296. The van der Waals surface area contributed by atoms with Crippen molar-refractivity contribution in [2.24, 2.45) is 5.92 Å². The summed E-state index contributed by atoms with van der Waals surface area (Å²) in [6, 6.07) is 0. The van der Waals surface area contributed by atoms with Crippen LogP contribution in [0.15, 0.2) is 0 Å². The number of carbonyl (C=O) groups excluding carboxylic acids is 2. The maximum Gasteiger partial charge on any atom is 0.316 e. The number of unbranched alkanes of at least 4 members (excludes halogenated alkanes) is 3. The van der Waals surface area contributed by atoms with Crippen LogP contribution in [-0.4, -0.2) is 18.9 Å². The minimum absolute atomic E-state index is 0.129. The molecule has 0 bridgehead atoms. The number of rotatable bonds is 7. The van der Waals surface area contributed by atoms with Gasteiger partial charge in [0.1, 0.15) is 11.7 Å². The summed E-state index contributed by atoms with van der Waals surface area (Å²) in [7, 11) is 1.31. The molecule has 17 heavy (non-hydrogen) atoms. The van der Waals surface area contributed by atoms with Crippen LogP contribution in [0, 0.1) is 17.8 Å². The van der Waals surface area contributed by atoms with Gasteiger partial charge >= 0.3 is 5.97 Å². The molecule has 0 spiro atoms. The second-order valence-corrected chi connectivity index (χ2v) is 4.04. The van der Waals surface area contributed by atoms with Gasteiger partial charge in [0.25, 0.3) is 0 Å². The third-order valence-corrected chi connectivity index (χ3v) is 2.55. The van der Waals surface area contributed by atoms with Gasteiger partial charge in [0.05, 0.1) is 7.11 Å². The minimum atomic E-state index is -0.613. The topological polar surface area (TPSA) is 43.4 Å². The molecule has 1 atom stereocenters. The van der Waals surface area contributed by atoms with Gasteiger partial charge in [-0.2, -0.15) is 0 Å². The molecule has 0 aromatic carbocycles. The van der Waals surface area contributed by atoms with Crippen molar-refractivity contribution in [1.82, 2.24) is 0 Å². The first-order valence-corrected chi connectivity index (χ1v) is 6.17. The first-order chi connectivity index (χ1) is 8.13. The number of ether oxygens (including phenoxy) is 1. The molecule has 1 unspecified atom stereocenters. The Hall–Kier alpha value is -1.30. The molecular weight excluding hydrogens is 216 g/mol. The van der Waals surface area contributed by atoms with Crippen molar-refractivity contribution in [3.8, 4) is 11.8 Å². The summed E-state index contributed by atoms with van der Waals surface area (Å²) in [5.74, 6) is 4.96. The lowest BCUT2D eigenvalue weighted by atomic mass is 9.98. The van der Waals surface area contributed by atoms with Crippen LogP contribution in [0.2, 0.25) is 0 Å². The number of hydrogen-bond donors (Lipinski definition) is 0. The van der Waals surface area contributed by atoms with Crippen molar-refractivity contribution in [2.45, 2.75) is 52.4 Å². The van der Waals surface area contributed by atoms with Gasteiger partial charge in [-0.25, -0.2) is 0 Å². The molecule has 0 saturated carbocycles. The largest absolute Gasteiger partial charge is 0.468 e. The summed E-state index contributed by atoms with van der Waals surface area (Å²) in [6.07, 6.45) is 5.26. The smallest absolute Gasteiger partial charge is 0.316 e. The van der Waals surface area contributed by atoms with Crippen molar-refractivity contribution in [1.29, 1.82) is 0 Å². The second-order valence-electron chi connectivity index (χ2n) is 4.04. The van der Waals surface area contributed by atoms with Gasteiger partial charge in [-0.05, 0) is 26.2 Å². The van der Waals surface area contributed by atoms with Gasteiger partial charge in [0.15, 0.2) is 0 Å². The van der Waals surface area contributed by atoms with E-state index in [1.165, 1.54) is 14.0 Å². The highest BCUT2D eigenvalue weighted by molar-refractivity contribution is 5.97. The fourth-order valence-electron chi connectivity index (χ4n) is 1.47. The molecule has 0 aromatic rings. The van der Waals surface area contributed by atoms with E-state index in [0.29, 0.717) is 6.42 Å². The highest BCUT2D eigenvalue weighted by atomic mass is 16.5. The third kappa shape index (κ3) is 7.57. The number of carbonyl (C=O) groups is 2. The number of hydrogen-bond acceptors (Lipinski definition) is 3.